The lowest BCUT2D eigenvalue weighted by Crippen LogP contribution is -2.29. The zero-order chi connectivity index (χ0) is 19.9. The highest BCUT2D eigenvalue weighted by atomic mass is 32.2. The number of carbonyl (C=O) groups is 1. The number of nitriles is 1. The minimum absolute atomic E-state index is 0.0192. The number of ketones is 1. The Morgan fingerprint density at radius 2 is 1.68 bits per heavy atom. The van der Waals surface area contributed by atoms with Gasteiger partial charge in [0.05, 0.1) is 16.5 Å². The first-order valence-corrected chi connectivity index (χ1v) is 10.1. The SMILES string of the molecule is Cn1nc(C(=O)C(C#N)S(=O)(=O)c2ccccc2)c2ccc3ccccc3c21. The third-order valence-electron chi connectivity index (χ3n) is 4.70. The maximum absolute atomic E-state index is 13.1. The summed E-state index contributed by atoms with van der Waals surface area (Å²) in [5.41, 5.74) is 0.699. The molecule has 0 saturated heterocycles. The lowest BCUT2D eigenvalue weighted by atomic mass is 10.0. The van der Waals surface area contributed by atoms with Crippen molar-refractivity contribution in [3.05, 3.63) is 72.4 Å². The fourth-order valence-corrected chi connectivity index (χ4v) is 4.71. The Bertz CT molecular complexity index is 1370. The van der Waals surface area contributed by atoms with Gasteiger partial charge in [-0.15, -0.1) is 0 Å². The van der Waals surface area contributed by atoms with Crippen molar-refractivity contribution in [3.8, 4) is 6.07 Å². The summed E-state index contributed by atoms with van der Waals surface area (Å²) in [5.74, 6) is -0.827. The largest absolute Gasteiger partial charge is 0.290 e. The summed E-state index contributed by atoms with van der Waals surface area (Å²) in [6, 6.07) is 20.4. The molecule has 138 valence electrons. The molecule has 4 rings (SSSR count). The van der Waals surface area contributed by atoms with E-state index in [1.165, 1.54) is 12.1 Å². The number of Topliss-reactive ketones (excluding diaryl/α,β-unsaturated/α-hetero) is 1. The fraction of sp³-hybridized carbons (Fsp3) is 0.0952. The van der Waals surface area contributed by atoms with Crippen molar-refractivity contribution < 1.29 is 13.2 Å². The van der Waals surface area contributed by atoms with Crippen molar-refractivity contribution in [2.24, 2.45) is 7.05 Å². The smallest absolute Gasteiger partial charge is 0.216 e. The molecule has 0 amide bonds. The number of aromatic nitrogens is 2. The molecule has 7 heteroatoms. The van der Waals surface area contributed by atoms with Crippen molar-refractivity contribution in [1.29, 1.82) is 5.26 Å². The Labute approximate surface area is 161 Å². The van der Waals surface area contributed by atoms with Crippen LogP contribution in [0, 0.1) is 11.3 Å². The Hall–Kier alpha value is -3.50. The molecule has 0 aliphatic rings. The summed E-state index contributed by atoms with van der Waals surface area (Å²) < 4.78 is 27.3. The zero-order valence-electron chi connectivity index (χ0n) is 14.9. The predicted molar refractivity (Wildman–Crippen MR) is 106 cm³/mol. The highest BCUT2D eigenvalue weighted by Gasteiger charge is 2.37. The molecule has 28 heavy (non-hydrogen) atoms. The van der Waals surface area contributed by atoms with Crippen LogP contribution in [0.1, 0.15) is 10.5 Å². The van der Waals surface area contributed by atoms with E-state index in [0.717, 1.165) is 16.3 Å². The summed E-state index contributed by atoms with van der Waals surface area (Å²) in [6.45, 7) is 0. The van der Waals surface area contributed by atoms with Gasteiger partial charge in [0.2, 0.25) is 20.9 Å². The third kappa shape index (κ3) is 2.66. The molecule has 0 aliphatic heterocycles. The van der Waals surface area contributed by atoms with Crippen molar-refractivity contribution in [2.75, 3.05) is 0 Å². The van der Waals surface area contributed by atoms with Gasteiger partial charge in [-0.3, -0.25) is 9.48 Å². The number of benzene rings is 3. The van der Waals surface area contributed by atoms with Crippen LogP contribution in [0.5, 0.6) is 0 Å². The lowest BCUT2D eigenvalue weighted by molar-refractivity contribution is 0.0996. The first kappa shape index (κ1) is 17.9. The quantitative estimate of drug-likeness (QED) is 0.500. The second-order valence-corrected chi connectivity index (χ2v) is 8.42. The van der Waals surface area contributed by atoms with Gasteiger partial charge in [0.15, 0.2) is 0 Å². The molecule has 4 aromatic rings. The van der Waals surface area contributed by atoms with E-state index in [1.54, 1.807) is 42.1 Å². The molecule has 0 spiro atoms. The van der Waals surface area contributed by atoms with Crippen molar-refractivity contribution in [3.63, 3.8) is 0 Å². The van der Waals surface area contributed by atoms with Crippen LogP contribution < -0.4 is 0 Å². The minimum atomic E-state index is -4.16. The maximum atomic E-state index is 13.1. The average molecular weight is 389 g/mol. The molecular weight excluding hydrogens is 374 g/mol. The Kier molecular flexibility index (Phi) is 4.21. The fourth-order valence-electron chi connectivity index (χ4n) is 3.37. The van der Waals surface area contributed by atoms with Gasteiger partial charge >= 0.3 is 0 Å². The molecule has 0 aliphatic carbocycles. The first-order chi connectivity index (χ1) is 13.4. The van der Waals surface area contributed by atoms with E-state index in [1.807, 2.05) is 30.3 Å². The molecular formula is C21H15N3O3S. The normalized spacial score (nSPS) is 12.7. The number of sulfone groups is 1. The Morgan fingerprint density at radius 3 is 2.39 bits per heavy atom. The van der Waals surface area contributed by atoms with Gasteiger partial charge in [-0.1, -0.05) is 48.5 Å². The Balaban J connectivity index is 1.89. The number of hydrogen-bond acceptors (Lipinski definition) is 5. The van der Waals surface area contributed by atoms with Crippen LogP contribution in [0.25, 0.3) is 21.7 Å². The number of carbonyl (C=O) groups excluding carboxylic acids is 1. The van der Waals surface area contributed by atoms with E-state index in [0.29, 0.717) is 5.39 Å². The molecule has 1 aromatic heterocycles. The number of nitrogens with zero attached hydrogens (tertiary/aromatic N) is 3. The topological polar surface area (TPSA) is 92.8 Å². The van der Waals surface area contributed by atoms with Crippen molar-refractivity contribution in [2.45, 2.75) is 10.1 Å². The molecule has 0 fully saturated rings. The van der Waals surface area contributed by atoms with Crippen molar-refractivity contribution in [1.82, 2.24) is 9.78 Å². The van der Waals surface area contributed by atoms with Crippen LogP contribution >= 0.6 is 0 Å². The maximum Gasteiger partial charge on any atom is 0.216 e. The van der Waals surface area contributed by atoms with E-state index in [2.05, 4.69) is 5.10 Å². The summed E-state index contributed by atoms with van der Waals surface area (Å²) >= 11 is 0. The summed E-state index contributed by atoms with van der Waals surface area (Å²) in [4.78, 5) is 13.0. The number of fused-ring (bicyclic) bond motifs is 3. The highest BCUT2D eigenvalue weighted by Crippen LogP contribution is 2.29. The van der Waals surface area contributed by atoms with E-state index in [9.17, 15) is 18.5 Å². The molecule has 0 bridgehead atoms. The third-order valence-corrected chi connectivity index (χ3v) is 6.57. The predicted octanol–water partition coefficient (Wildman–Crippen LogP) is 3.28. The van der Waals surface area contributed by atoms with Crippen LogP contribution in [-0.4, -0.2) is 29.2 Å². The molecule has 0 radical (unpaired) electrons. The minimum Gasteiger partial charge on any atom is -0.290 e. The van der Waals surface area contributed by atoms with Gasteiger partial charge in [-0.25, -0.2) is 8.42 Å². The number of rotatable bonds is 4. The monoisotopic (exact) mass is 389 g/mol. The molecule has 3 aromatic carbocycles. The second-order valence-electron chi connectivity index (χ2n) is 6.39. The van der Waals surface area contributed by atoms with Gasteiger partial charge in [0, 0.05) is 17.8 Å². The van der Waals surface area contributed by atoms with Gasteiger partial charge in [0.1, 0.15) is 5.69 Å². The van der Waals surface area contributed by atoms with E-state index in [4.69, 9.17) is 0 Å². The van der Waals surface area contributed by atoms with Gasteiger partial charge in [-0.05, 0) is 23.6 Å². The number of aryl methyl sites for hydroxylation is 1. The van der Waals surface area contributed by atoms with E-state index >= 15 is 0 Å². The lowest BCUT2D eigenvalue weighted by Gasteiger charge is -2.09. The molecule has 1 unspecified atom stereocenters. The summed E-state index contributed by atoms with van der Waals surface area (Å²) in [7, 11) is -2.47. The van der Waals surface area contributed by atoms with Gasteiger partial charge < -0.3 is 0 Å². The van der Waals surface area contributed by atoms with Crippen LogP contribution in [0.4, 0.5) is 0 Å². The Morgan fingerprint density at radius 1 is 1.00 bits per heavy atom. The zero-order valence-corrected chi connectivity index (χ0v) is 15.7. The molecule has 0 N–H and O–H groups in total. The molecule has 1 heterocycles. The molecule has 1 atom stereocenters. The van der Waals surface area contributed by atoms with Crippen LogP contribution in [-0.2, 0) is 16.9 Å². The second kappa shape index (κ2) is 6.59. The molecule has 6 nitrogen and oxygen atoms in total. The number of hydrogen-bond donors (Lipinski definition) is 0. The summed E-state index contributed by atoms with van der Waals surface area (Å²) in [6.07, 6.45) is 0. The van der Waals surface area contributed by atoms with Crippen LogP contribution in [0.15, 0.2) is 71.6 Å². The van der Waals surface area contributed by atoms with Crippen molar-refractivity contribution >= 4 is 37.3 Å². The average Bonchev–Trinajstić information content (AvgIpc) is 3.06. The van der Waals surface area contributed by atoms with E-state index < -0.39 is 20.9 Å². The van der Waals surface area contributed by atoms with Crippen LogP contribution in [0.3, 0.4) is 0 Å². The molecule has 0 saturated carbocycles. The highest BCUT2D eigenvalue weighted by molar-refractivity contribution is 7.93. The van der Waals surface area contributed by atoms with E-state index in [-0.39, 0.29) is 10.6 Å². The summed E-state index contributed by atoms with van der Waals surface area (Å²) in [5, 5.41) is 14.3. The van der Waals surface area contributed by atoms with Gasteiger partial charge in [-0.2, -0.15) is 10.4 Å². The first-order valence-electron chi connectivity index (χ1n) is 8.52. The van der Waals surface area contributed by atoms with Gasteiger partial charge in [0.25, 0.3) is 0 Å². The van der Waals surface area contributed by atoms with Crippen LogP contribution in [0.2, 0.25) is 0 Å². The standard InChI is InChI=1S/C21H15N3O3S/c1-24-20-16-10-6-5-7-14(16)11-12-17(20)19(23-24)21(25)18(13-22)28(26,27)15-8-3-2-4-9-15/h2-12,18H,1H3.